The van der Waals surface area contributed by atoms with E-state index in [1.165, 1.54) is 35.8 Å². The summed E-state index contributed by atoms with van der Waals surface area (Å²) in [7, 11) is -2.91. The first kappa shape index (κ1) is 8.16. The number of methoxy groups -OCH3 is 1. The lowest BCUT2D eigenvalue weighted by molar-refractivity contribution is -0.104. The van der Waals surface area contributed by atoms with Crippen LogP contribution in [0.1, 0.15) is 88.7 Å². The zero-order valence-electron chi connectivity index (χ0n) is 29.7. The van der Waals surface area contributed by atoms with Gasteiger partial charge in [0.15, 0.2) is 0 Å². The lowest BCUT2D eigenvalue weighted by atomic mass is 9.67. The number of aromatic nitrogens is 1. The van der Waals surface area contributed by atoms with E-state index in [0.717, 1.165) is 11.3 Å². The maximum Gasteiger partial charge on any atom is 0.132 e. The summed E-state index contributed by atoms with van der Waals surface area (Å²) in [6, 6.07) is 5.40. The maximum absolute atomic E-state index is 9.40. The molecule has 27 heavy (non-hydrogen) atoms. The summed E-state index contributed by atoms with van der Waals surface area (Å²) in [5, 5.41) is 1.38. The fraction of sp³-hybridized carbons (Fsp3) is 0.609. The molecule has 4 rings (SSSR count). The van der Waals surface area contributed by atoms with Crippen LogP contribution in [0.25, 0.3) is 0 Å². The van der Waals surface area contributed by atoms with Crippen molar-refractivity contribution in [1.82, 2.24) is 4.98 Å². The quantitative estimate of drug-likeness (QED) is 0.577. The minimum Gasteiger partial charge on any atom is -0.496 e. The minimum absolute atomic E-state index is 0.229. The number of thiophene rings is 1. The fourth-order valence-corrected chi connectivity index (χ4v) is 3.95. The Labute approximate surface area is 188 Å². The van der Waals surface area contributed by atoms with Gasteiger partial charge in [-0.05, 0) is 68.3 Å². The largest absolute Gasteiger partial charge is 0.496 e. The van der Waals surface area contributed by atoms with E-state index in [4.69, 9.17) is 27.3 Å². The first-order chi connectivity index (χ1) is 18.9. The second-order valence-electron chi connectivity index (χ2n) is 6.24. The van der Waals surface area contributed by atoms with E-state index < -0.39 is 88.6 Å². The smallest absolute Gasteiger partial charge is 0.132 e. The number of hydrogen-bond acceptors (Lipinski definition) is 4. The van der Waals surface area contributed by atoms with Crippen molar-refractivity contribution in [2.75, 3.05) is 13.6 Å². The van der Waals surface area contributed by atoms with E-state index in [2.05, 4.69) is 4.98 Å². The molecular weight excluding hydrogens is 354 g/mol. The second kappa shape index (κ2) is 8.32. The van der Waals surface area contributed by atoms with Crippen molar-refractivity contribution >= 4 is 11.3 Å². The van der Waals surface area contributed by atoms with Crippen LogP contribution < -0.4 is 4.74 Å². The van der Waals surface area contributed by atoms with E-state index in [1.807, 2.05) is 0 Å². The standard InChI is InChI=1S/C23H31NO2S/c1-25-19-10-17-27-20(19)8-2-4-11-22(21-9-3-7-15-24-21)14-16-26-23(18-22)12-5-6-13-23/h3,7,9-10,15,17H,2,4-6,8,11-14,16,18H2,1H3/t22-/m1/s1/i1D3,4D2,8D2,12D2,13D2,14D2,18D2. The Kier molecular flexibility index (Phi) is 2.51. The molecule has 146 valence electrons. The second-order valence-corrected chi connectivity index (χ2v) is 7.16. The van der Waals surface area contributed by atoms with Gasteiger partial charge >= 0.3 is 0 Å². The lowest BCUT2D eigenvalue weighted by Gasteiger charge is -2.46. The first-order valence-electron chi connectivity index (χ1n) is 16.2. The molecule has 4 heteroatoms. The van der Waals surface area contributed by atoms with E-state index in [0.29, 0.717) is 0 Å². The number of aryl methyl sites for hydroxylation is 1. The average Bonchev–Trinajstić information content (AvgIpc) is 3.34. The van der Waals surface area contributed by atoms with Gasteiger partial charge in [0.2, 0.25) is 0 Å². The van der Waals surface area contributed by atoms with Crippen molar-refractivity contribution in [3.63, 3.8) is 0 Å². The van der Waals surface area contributed by atoms with Crippen molar-refractivity contribution < 1.29 is 30.0 Å². The molecule has 2 aliphatic rings. The number of ether oxygens (including phenoxy) is 2. The molecule has 2 aromatic rings. The zero-order chi connectivity index (χ0) is 31.8. The topological polar surface area (TPSA) is 31.4 Å². The lowest BCUT2D eigenvalue weighted by Crippen LogP contribution is -2.46. The number of hydrogen-bond donors (Lipinski definition) is 0. The van der Waals surface area contributed by atoms with Crippen LogP contribution in [0.5, 0.6) is 5.75 Å². The van der Waals surface area contributed by atoms with E-state index in [-0.39, 0.29) is 16.3 Å². The molecule has 1 aliphatic heterocycles. The molecule has 0 amide bonds. The molecule has 1 atom stereocenters. The Balaban J connectivity index is 1.89. The van der Waals surface area contributed by atoms with Gasteiger partial charge in [-0.2, -0.15) is 0 Å². The molecule has 0 aromatic carbocycles. The van der Waals surface area contributed by atoms with E-state index in [1.54, 1.807) is 0 Å². The molecule has 1 spiro atoms. The molecular formula is C23H31NO2S. The van der Waals surface area contributed by atoms with Crippen LogP contribution in [0, 0.1) is 0 Å². The Morgan fingerprint density at radius 3 is 3.07 bits per heavy atom. The van der Waals surface area contributed by atoms with Gasteiger partial charge in [-0.15, -0.1) is 11.3 Å². The summed E-state index contributed by atoms with van der Waals surface area (Å²) in [5.41, 5.74) is -5.83. The van der Waals surface area contributed by atoms with Gasteiger partial charge in [0.1, 0.15) is 5.75 Å². The van der Waals surface area contributed by atoms with Crippen LogP contribution in [-0.4, -0.2) is 24.2 Å². The van der Waals surface area contributed by atoms with Gasteiger partial charge < -0.3 is 9.47 Å². The normalized spacial score (nSPS) is 41.6. The van der Waals surface area contributed by atoms with Crippen molar-refractivity contribution in [2.45, 2.75) is 74.9 Å². The highest BCUT2D eigenvalue weighted by Gasteiger charge is 2.48. The third-order valence-electron chi connectivity index (χ3n) is 4.53. The number of rotatable bonds is 7. The highest BCUT2D eigenvalue weighted by Crippen LogP contribution is 2.50. The Hall–Kier alpha value is -1.39. The van der Waals surface area contributed by atoms with Crippen LogP contribution in [0.4, 0.5) is 0 Å². The Morgan fingerprint density at radius 1 is 1.33 bits per heavy atom. The van der Waals surface area contributed by atoms with Crippen molar-refractivity contribution in [1.29, 1.82) is 0 Å². The van der Waals surface area contributed by atoms with Crippen molar-refractivity contribution in [2.24, 2.45) is 0 Å². The Morgan fingerprint density at radius 2 is 2.26 bits per heavy atom. The van der Waals surface area contributed by atoms with Crippen molar-refractivity contribution in [3.8, 4) is 5.75 Å². The zero-order valence-corrected chi connectivity index (χ0v) is 15.5. The molecule has 3 heterocycles. The molecule has 1 saturated heterocycles. The molecule has 2 aromatic heterocycles. The molecule has 1 saturated carbocycles. The van der Waals surface area contributed by atoms with Gasteiger partial charge in [0.05, 0.1) is 16.8 Å². The van der Waals surface area contributed by atoms with Gasteiger partial charge in [-0.25, -0.2) is 0 Å². The summed E-state index contributed by atoms with van der Waals surface area (Å²) in [6.45, 7) is -0.980. The summed E-state index contributed by atoms with van der Waals surface area (Å²) < 4.78 is 139. The average molecular weight is 401 g/mol. The minimum atomic E-state index is -3.27. The SMILES string of the molecule is [2H]C([2H])(CC([2H])([2H])c1sccc1OC([2H])([2H])[2H])C[C@@]1(c2ccccn2)C([2H])([2H])COC2(C([2H])([2H])CCC2([2H])[2H])C1([2H])[2H]. The van der Waals surface area contributed by atoms with Crippen LogP contribution in [0.15, 0.2) is 35.8 Å². The van der Waals surface area contributed by atoms with Crippen LogP contribution in [0.2, 0.25) is 0 Å². The molecule has 3 nitrogen and oxygen atoms in total. The van der Waals surface area contributed by atoms with Crippen LogP contribution >= 0.6 is 11.3 Å². The van der Waals surface area contributed by atoms with Gasteiger partial charge in [-0.3, -0.25) is 4.98 Å². The van der Waals surface area contributed by atoms with E-state index >= 15 is 0 Å². The number of pyridine rings is 1. The summed E-state index contributed by atoms with van der Waals surface area (Å²) in [6.07, 6.45) is -18.3. The predicted molar refractivity (Wildman–Crippen MR) is 111 cm³/mol. The molecule has 0 unspecified atom stereocenters. The third kappa shape index (κ3) is 4.07. The van der Waals surface area contributed by atoms with Gasteiger partial charge in [0, 0.05) is 45.2 Å². The van der Waals surface area contributed by atoms with Crippen LogP contribution in [-0.2, 0) is 16.5 Å². The highest BCUT2D eigenvalue weighted by atomic mass is 32.1. The molecule has 1 aliphatic carbocycles. The van der Waals surface area contributed by atoms with Gasteiger partial charge in [0.25, 0.3) is 0 Å². The highest BCUT2D eigenvalue weighted by molar-refractivity contribution is 7.10. The summed E-state index contributed by atoms with van der Waals surface area (Å²) in [5.74, 6) is -0.316. The third-order valence-corrected chi connectivity index (χ3v) is 5.38. The van der Waals surface area contributed by atoms with E-state index in [9.17, 15) is 2.74 Å². The molecule has 0 bridgehead atoms. The first-order valence-corrected chi connectivity index (χ1v) is 9.59. The molecule has 0 radical (unpaired) electrons. The summed E-state index contributed by atoms with van der Waals surface area (Å²) >= 11 is 0.797. The monoisotopic (exact) mass is 400 g/mol. The van der Waals surface area contributed by atoms with Crippen LogP contribution in [0.3, 0.4) is 0 Å². The maximum atomic E-state index is 9.40. The molecule has 2 fully saturated rings. The predicted octanol–water partition coefficient (Wildman–Crippen LogP) is 5.93. The number of nitrogens with zero attached hydrogens (tertiary/aromatic N) is 1. The fourth-order valence-electron chi connectivity index (χ4n) is 3.24. The molecule has 0 N–H and O–H groups in total. The van der Waals surface area contributed by atoms with Crippen molar-refractivity contribution in [3.05, 3.63) is 46.4 Å². The Bertz CT molecular complexity index is 1280. The summed E-state index contributed by atoms with van der Waals surface area (Å²) in [4.78, 5) is 3.95. The van der Waals surface area contributed by atoms with Gasteiger partial charge in [-0.1, -0.05) is 25.3 Å².